The molecule has 0 spiro atoms. The molecule has 0 radical (unpaired) electrons. The molecule has 7 heteroatoms. The third kappa shape index (κ3) is 7.65. The average Bonchev–Trinajstić information content (AvgIpc) is 2.73. The molecule has 0 aliphatic carbocycles. The van der Waals surface area contributed by atoms with Gasteiger partial charge in [-0.1, -0.05) is 31.5 Å². The molecule has 0 bridgehead atoms. The highest BCUT2D eigenvalue weighted by Gasteiger charge is 2.11. The Labute approximate surface area is 170 Å². The molecule has 0 unspecified atom stereocenters. The highest BCUT2D eigenvalue weighted by Crippen LogP contribution is 2.13. The van der Waals surface area contributed by atoms with Gasteiger partial charge in [-0.25, -0.2) is 0 Å². The van der Waals surface area contributed by atoms with Gasteiger partial charge in [0, 0.05) is 11.3 Å². The van der Waals surface area contributed by atoms with E-state index in [2.05, 4.69) is 17.6 Å². The van der Waals surface area contributed by atoms with Crippen LogP contribution >= 0.6 is 0 Å². The fraction of sp³-hybridized carbons (Fsp3) is 0.318. The smallest absolute Gasteiger partial charge is 0.325 e. The minimum atomic E-state index is -0.696. The van der Waals surface area contributed by atoms with E-state index in [1.165, 1.54) is 0 Å². The molecule has 7 nitrogen and oxygen atoms in total. The minimum absolute atomic E-state index is 0.328. The second-order valence-electron chi connectivity index (χ2n) is 6.43. The molecule has 0 heterocycles. The number of benzene rings is 2. The van der Waals surface area contributed by atoms with Crippen molar-refractivity contribution in [2.45, 2.75) is 26.7 Å². The molecular formula is C22H26N2O5. The summed E-state index contributed by atoms with van der Waals surface area (Å²) >= 11 is 0. The van der Waals surface area contributed by atoms with Gasteiger partial charge in [-0.3, -0.25) is 14.4 Å². The Balaban J connectivity index is 1.70. The zero-order valence-electron chi connectivity index (χ0n) is 16.7. The summed E-state index contributed by atoms with van der Waals surface area (Å²) in [4.78, 5) is 35.7. The van der Waals surface area contributed by atoms with E-state index in [0.717, 1.165) is 18.4 Å². The van der Waals surface area contributed by atoms with E-state index in [0.29, 0.717) is 23.6 Å². The van der Waals surface area contributed by atoms with Crippen molar-refractivity contribution in [3.8, 4) is 5.75 Å². The number of hydrogen-bond acceptors (Lipinski definition) is 5. The number of carbonyl (C=O) groups is 3. The van der Waals surface area contributed by atoms with Gasteiger partial charge < -0.3 is 20.1 Å². The summed E-state index contributed by atoms with van der Waals surface area (Å²) < 4.78 is 10.4. The van der Waals surface area contributed by atoms with Crippen LogP contribution in [-0.2, 0) is 14.3 Å². The predicted molar refractivity (Wildman–Crippen MR) is 110 cm³/mol. The second kappa shape index (κ2) is 11.5. The number of rotatable bonds is 10. The van der Waals surface area contributed by atoms with Gasteiger partial charge in [0.2, 0.25) is 0 Å². The number of aryl methyl sites for hydroxylation is 1. The lowest BCUT2D eigenvalue weighted by Gasteiger charge is -2.09. The van der Waals surface area contributed by atoms with Crippen LogP contribution in [0.5, 0.6) is 5.75 Å². The highest BCUT2D eigenvalue weighted by molar-refractivity contribution is 5.96. The van der Waals surface area contributed by atoms with Crippen molar-refractivity contribution in [2.24, 2.45) is 0 Å². The first-order valence-corrected chi connectivity index (χ1v) is 9.51. The summed E-state index contributed by atoms with van der Waals surface area (Å²) in [5, 5.41) is 5.13. The van der Waals surface area contributed by atoms with E-state index in [9.17, 15) is 14.4 Å². The Bertz CT molecular complexity index is 833. The lowest BCUT2D eigenvalue weighted by Crippen LogP contribution is -2.32. The van der Waals surface area contributed by atoms with Crippen LogP contribution in [0.25, 0.3) is 0 Å². The molecular weight excluding hydrogens is 372 g/mol. The standard InChI is InChI=1S/C22H26N2O5/c1-3-4-13-28-18-11-9-17(10-12-18)22(27)23-14-21(26)29-15-20(25)24-19-8-6-5-7-16(19)2/h5-12H,3-4,13-15H2,1-2H3,(H,23,27)(H,24,25). The Hall–Kier alpha value is -3.35. The molecule has 154 valence electrons. The number of para-hydroxylation sites is 1. The van der Waals surface area contributed by atoms with E-state index in [4.69, 9.17) is 9.47 Å². The molecule has 2 aromatic carbocycles. The van der Waals surface area contributed by atoms with Crippen molar-refractivity contribution in [1.82, 2.24) is 5.32 Å². The molecule has 0 aliphatic heterocycles. The summed E-state index contributed by atoms with van der Waals surface area (Å²) in [5.41, 5.74) is 1.96. The Kier molecular flexibility index (Phi) is 8.69. The zero-order chi connectivity index (χ0) is 21.1. The van der Waals surface area contributed by atoms with Gasteiger partial charge in [0.05, 0.1) is 6.61 Å². The van der Waals surface area contributed by atoms with Crippen LogP contribution in [-0.4, -0.2) is 37.5 Å². The molecule has 2 aromatic rings. The van der Waals surface area contributed by atoms with E-state index < -0.39 is 24.4 Å². The molecule has 2 N–H and O–H groups in total. The van der Waals surface area contributed by atoms with Crippen LogP contribution in [0.2, 0.25) is 0 Å². The first kappa shape index (κ1) is 21.9. The number of esters is 1. The third-order valence-corrected chi connectivity index (χ3v) is 4.06. The largest absolute Gasteiger partial charge is 0.494 e. The van der Waals surface area contributed by atoms with E-state index >= 15 is 0 Å². The van der Waals surface area contributed by atoms with Gasteiger partial charge in [-0.2, -0.15) is 0 Å². The van der Waals surface area contributed by atoms with Crippen molar-refractivity contribution >= 4 is 23.5 Å². The van der Waals surface area contributed by atoms with Gasteiger partial charge in [-0.05, 0) is 49.2 Å². The fourth-order valence-electron chi connectivity index (χ4n) is 2.39. The van der Waals surface area contributed by atoms with E-state index in [-0.39, 0.29) is 6.54 Å². The first-order valence-electron chi connectivity index (χ1n) is 9.51. The van der Waals surface area contributed by atoms with E-state index in [1.807, 2.05) is 19.1 Å². The molecule has 0 saturated carbocycles. The topological polar surface area (TPSA) is 93.7 Å². The lowest BCUT2D eigenvalue weighted by atomic mass is 10.2. The quantitative estimate of drug-likeness (QED) is 0.474. The zero-order valence-corrected chi connectivity index (χ0v) is 16.7. The predicted octanol–water partition coefficient (Wildman–Crippen LogP) is 3.09. The maximum Gasteiger partial charge on any atom is 0.325 e. The third-order valence-electron chi connectivity index (χ3n) is 4.06. The number of amides is 2. The van der Waals surface area contributed by atoms with Crippen LogP contribution in [0.15, 0.2) is 48.5 Å². The van der Waals surface area contributed by atoms with Crippen LogP contribution in [0.3, 0.4) is 0 Å². The number of hydrogen-bond donors (Lipinski definition) is 2. The normalized spacial score (nSPS) is 10.1. The van der Waals surface area contributed by atoms with Crippen LogP contribution in [0.1, 0.15) is 35.7 Å². The maximum atomic E-state index is 12.1. The van der Waals surface area contributed by atoms with Crippen molar-refractivity contribution in [3.63, 3.8) is 0 Å². The van der Waals surface area contributed by atoms with Crippen LogP contribution in [0.4, 0.5) is 5.69 Å². The van der Waals surface area contributed by atoms with Crippen molar-refractivity contribution < 1.29 is 23.9 Å². The summed E-state index contributed by atoms with van der Waals surface area (Å²) in [6, 6.07) is 13.9. The van der Waals surface area contributed by atoms with Crippen molar-refractivity contribution in [2.75, 3.05) is 25.1 Å². The highest BCUT2D eigenvalue weighted by atomic mass is 16.5. The van der Waals surface area contributed by atoms with E-state index in [1.54, 1.807) is 36.4 Å². The van der Waals surface area contributed by atoms with Gasteiger partial charge >= 0.3 is 5.97 Å². The first-order chi connectivity index (χ1) is 14.0. The summed E-state index contributed by atoms with van der Waals surface area (Å²) in [6.45, 7) is 3.82. The lowest BCUT2D eigenvalue weighted by molar-refractivity contribution is -0.146. The second-order valence-corrected chi connectivity index (χ2v) is 6.43. The van der Waals surface area contributed by atoms with Crippen LogP contribution < -0.4 is 15.4 Å². The Morgan fingerprint density at radius 2 is 1.72 bits per heavy atom. The number of unbranched alkanes of at least 4 members (excludes halogenated alkanes) is 1. The summed E-state index contributed by atoms with van der Waals surface area (Å²) in [6.07, 6.45) is 2.01. The molecule has 2 amide bonds. The molecule has 0 aliphatic rings. The number of anilines is 1. The molecule has 0 aromatic heterocycles. The molecule has 0 saturated heterocycles. The van der Waals surface area contributed by atoms with Crippen molar-refractivity contribution in [1.29, 1.82) is 0 Å². The molecule has 0 atom stereocenters. The summed E-state index contributed by atoms with van der Waals surface area (Å²) in [5.74, 6) is -0.865. The molecule has 2 rings (SSSR count). The monoisotopic (exact) mass is 398 g/mol. The van der Waals surface area contributed by atoms with Gasteiger partial charge in [0.1, 0.15) is 12.3 Å². The van der Waals surface area contributed by atoms with Gasteiger partial charge in [0.25, 0.3) is 11.8 Å². The number of ether oxygens (including phenoxy) is 2. The molecule has 0 fully saturated rings. The van der Waals surface area contributed by atoms with Gasteiger partial charge in [0.15, 0.2) is 6.61 Å². The SMILES string of the molecule is CCCCOc1ccc(C(=O)NCC(=O)OCC(=O)Nc2ccccc2C)cc1. The average molecular weight is 398 g/mol. The van der Waals surface area contributed by atoms with Crippen LogP contribution in [0, 0.1) is 6.92 Å². The summed E-state index contributed by atoms with van der Waals surface area (Å²) in [7, 11) is 0. The van der Waals surface area contributed by atoms with Gasteiger partial charge in [-0.15, -0.1) is 0 Å². The minimum Gasteiger partial charge on any atom is -0.494 e. The maximum absolute atomic E-state index is 12.1. The number of carbonyl (C=O) groups excluding carboxylic acids is 3. The Morgan fingerprint density at radius 3 is 2.41 bits per heavy atom. The fourth-order valence-corrected chi connectivity index (χ4v) is 2.39. The Morgan fingerprint density at radius 1 is 1.00 bits per heavy atom. The number of nitrogens with one attached hydrogen (secondary N) is 2. The molecule has 29 heavy (non-hydrogen) atoms. The van der Waals surface area contributed by atoms with Crippen molar-refractivity contribution in [3.05, 3.63) is 59.7 Å².